The van der Waals surface area contributed by atoms with Gasteiger partial charge in [-0.3, -0.25) is 0 Å². The van der Waals surface area contributed by atoms with Crippen molar-refractivity contribution < 1.29 is 5.11 Å². The lowest BCUT2D eigenvalue weighted by Crippen LogP contribution is -2.26. The van der Waals surface area contributed by atoms with Crippen LogP contribution in [0.5, 0.6) is 0 Å². The molecule has 14 heavy (non-hydrogen) atoms. The lowest BCUT2D eigenvalue weighted by Gasteiger charge is -2.23. The fourth-order valence-corrected chi connectivity index (χ4v) is 2.01. The zero-order valence-electron chi connectivity index (χ0n) is 8.90. The molecule has 1 unspecified atom stereocenters. The van der Waals surface area contributed by atoms with Crippen LogP contribution in [-0.2, 0) is 12.1 Å². The van der Waals surface area contributed by atoms with Crippen molar-refractivity contribution in [2.45, 2.75) is 45.3 Å². The predicted molar refractivity (Wildman–Crippen MR) is 54.8 cm³/mol. The van der Waals surface area contributed by atoms with Crippen LogP contribution < -0.4 is 0 Å². The van der Waals surface area contributed by atoms with Gasteiger partial charge in [-0.25, -0.2) is 4.98 Å². The van der Waals surface area contributed by atoms with Gasteiger partial charge in [0.15, 0.2) is 0 Å². The molecule has 1 aromatic rings. The van der Waals surface area contributed by atoms with Crippen LogP contribution in [0.2, 0.25) is 0 Å². The molecule has 0 aliphatic heterocycles. The van der Waals surface area contributed by atoms with Gasteiger partial charge in [0.2, 0.25) is 0 Å². The fourth-order valence-electron chi connectivity index (χ4n) is 2.01. The smallest absolute Gasteiger partial charge is 0.140 e. The van der Waals surface area contributed by atoms with Gasteiger partial charge in [0.05, 0.1) is 0 Å². The largest absolute Gasteiger partial charge is 0.382 e. The van der Waals surface area contributed by atoms with Gasteiger partial charge in [-0.1, -0.05) is 12.8 Å². The first kappa shape index (κ1) is 9.71. The zero-order valence-corrected chi connectivity index (χ0v) is 8.90. The molecular weight excluding hydrogens is 176 g/mol. The van der Waals surface area contributed by atoms with Gasteiger partial charge in [0.1, 0.15) is 11.4 Å². The van der Waals surface area contributed by atoms with Crippen LogP contribution in [0.3, 0.4) is 0 Å². The van der Waals surface area contributed by atoms with Gasteiger partial charge in [0.25, 0.3) is 0 Å². The van der Waals surface area contributed by atoms with Crippen molar-refractivity contribution in [3.05, 3.63) is 18.2 Å². The molecule has 0 spiro atoms. The van der Waals surface area contributed by atoms with E-state index in [2.05, 4.69) is 11.9 Å². The number of imidazole rings is 1. The van der Waals surface area contributed by atoms with Gasteiger partial charge in [-0.15, -0.1) is 0 Å². The summed E-state index contributed by atoms with van der Waals surface area (Å²) in [6.45, 7) is 4.81. The second-order valence-corrected chi connectivity index (χ2v) is 4.46. The van der Waals surface area contributed by atoms with Crippen LogP contribution in [-0.4, -0.2) is 14.7 Å². The van der Waals surface area contributed by atoms with E-state index in [1.807, 2.05) is 17.7 Å². The molecular formula is C11H18N2O. The molecule has 1 aliphatic carbocycles. The van der Waals surface area contributed by atoms with Gasteiger partial charge < -0.3 is 9.67 Å². The average molecular weight is 194 g/mol. The first-order valence-corrected chi connectivity index (χ1v) is 5.37. The maximum atomic E-state index is 10.3. The van der Waals surface area contributed by atoms with Gasteiger partial charge in [-0.2, -0.15) is 0 Å². The van der Waals surface area contributed by atoms with Crippen molar-refractivity contribution in [1.29, 1.82) is 0 Å². The summed E-state index contributed by atoms with van der Waals surface area (Å²) < 4.78 is 2.02. The van der Waals surface area contributed by atoms with Crippen molar-refractivity contribution >= 4 is 0 Å². The molecule has 0 saturated heterocycles. The van der Waals surface area contributed by atoms with Crippen LogP contribution in [0.1, 0.15) is 38.9 Å². The molecule has 1 N–H and O–H groups in total. The zero-order chi connectivity index (χ0) is 10.2. The Labute approximate surface area is 84.8 Å². The van der Waals surface area contributed by atoms with E-state index in [4.69, 9.17) is 0 Å². The van der Waals surface area contributed by atoms with Gasteiger partial charge in [-0.05, 0) is 26.2 Å². The third-order valence-electron chi connectivity index (χ3n) is 2.92. The molecule has 2 rings (SSSR count). The Bertz CT molecular complexity index is 313. The summed E-state index contributed by atoms with van der Waals surface area (Å²) in [5.41, 5.74) is -0.749. The van der Waals surface area contributed by atoms with Crippen LogP contribution in [0.25, 0.3) is 0 Å². The Hall–Kier alpha value is -0.830. The van der Waals surface area contributed by atoms with E-state index in [9.17, 15) is 5.11 Å². The molecule has 0 aromatic carbocycles. The normalized spacial score (nSPS) is 20.8. The number of aliphatic hydroxyl groups is 1. The van der Waals surface area contributed by atoms with Gasteiger partial charge >= 0.3 is 0 Å². The highest BCUT2D eigenvalue weighted by Gasteiger charge is 2.35. The summed E-state index contributed by atoms with van der Waals surface area (Å²) in [6, 6.07) is 0. The van der Waals surface area contributed by atoms with Crippen LogP contribution in [0.4, 0.5) is 0 Å². The SMILES string of the molecule is CCn1ccnc1C(C)(O)CC1CC1. The summed E-state index contributed by atoms with van der Waals surface area (Å²) in [6.07, 6.45) is 7.08. The van der Waals surface area contributed by atoms with Gasteiger partial charge in [0, 0.05) is 18.9 Å². The van der Waals surface area contributed by atoms with Crippen molar-refractivity contribution in [3.8, 4) is 0 Å². The number of hydrogen-bond acceptors (Lipinski definition) is 2. The number of rotatable bonds is 4. The molecule has 1 heterocycles. The van der Waals surface area contributed by atoms with E-state index in [1.54, 1.807) is 6.20 Å². The summed E-state index contributed by atoms with van der Waals surface area (Å²) in [5, 5.41) is 10.3. The minimum atomic E-state index is -0.749. The number of nitrogens with zero attached hydrogens (tertiary/aromatic N) is 2. The molecule has 0 bridgehead atoms. The quantitative estimate of drug-likeness (QED) is 0.795. The van der Waals surface area contributed by atoms with Crippen molar-refractivity contribution in [2.24, 2.45) is 5.92 Å². The van der Waals surface area contributed by atoms with Crippen LogP contribution in [0.15, 0.2) is 12.4 Å². The van der Waals surface area contributed by atoms with E-state index in [0.717, 1.165) is 18.8 Å². The van der Waals surface area contributed by atoms with Crippen LogP contribution in [0, 0.1) is 5.92 Å². The summed E-state index contributed by atoms with van der Waals surface area (Å²) in [7, 11) is 0. The van der Waals surface area contributed by atoms with Crippen molar-refractivity contribution in [1.82, 2.24) is 9.55 Å². The first-order valence-electron chi connectivity index (χ1n) is 5.37. The lowest BCUT2D eigenvalue weighted by molar-refractivity contribution is 0.0292. The molecule has 1 aliphatic rings. The molecule has 1 aromatic heterocycles. The average Bonchev–Trinajstić information content (AvgIpc) is 2.80. The second kappa shape index (κ2) is 3.39. The Morgan fingerprint density at radius 3 is 2.93 bits per heavy atom. The molecule has 78 valence electrons. The van der Waals surface area contributed by atoms with E-state index >= 15 is 0 Å². The monoisotopic (exact) mass is 194 g/mol. The topological polar surface area (TPSA) is 38.0 Å². The number of aryl methyl sites for hydroxylation is 1. The van der Waals surface area contributed by atoms with Crippen LogP contribution >= 0.6 is 0 Å². The minimum absolute atomic E-state index is 0.715. The van der Waals surface area contributed by atoms with E-state index < -0.39 is 5.60 Å². The van der Waals surface area contributed by atoms with E-state index in [-0.39, 0.29) is 0 Å². The van der Waals surface area contributed by atoms with E-state index in [0.29, 0.717) is 5.92 Å². The highest BCUT2D eigenvalue weighted by atomic mass is 16.3. The molecule has 0 radical (unpaired) electrons. The van der Waals surface area contributed by atoms with Crippen molar-refractivity contribution in [3.63, 3.8) is 0 Å². The summed E-state index contributed by atoms with van der Waals surface area (Å²) >= 11 is 0. The highest BCUT2D eigenvalue weighted by Crippen LogP contribution is 2.40. The number of hydrogen-bond donors (Lipinski definition) is 1. The Balaban J connectivity index is 2.17. The minimum Gasteiger partial charge on any atom is -0.382 e. The molecule has 0 amide bonds. The standard InChI is InChI=1S/C11H18N2O/c1-3-13-7-6-12-10(13)11(2,14)8-9-4-5-9/h6-7,9,14H,3-5,8H2,1-2H3. The molecule has 3 heteroatoms. The molecule has 3 nitrogen and oxygen atoms in total. The van der Waals surface area contributed by atoms with Crippen molar-refractivity contribution in [2.75, 3.05) is 0 Å². The maximum Gasteiger partial charge on any atom is 0.140 e. The lowest BCUT2D eigenvalue weighted by atomic mass is 9.98. The first-order chi connectivity index (χ1) is 6.63. The predicted octanol–water partition coefficient (Wildman–Crippen LogP) is 1.91. The third-order valence-corrected chi connectivity index (χ3v) is 2.92. The fraction of sp³-hybridized carbons (Fsp3) is 0.727. The maximum absolute atomic E-state index is 10.3. The number of aromatic nitrogens is 2. The Morgan fingerprint density at radius 1 is 1.64 bits per heavy atom. The summed E-state index contributed by atoms with van der Waals surface area (Å²) in [4.78, 5) is 4.25. The molecule has 1 saturated carbocycles. The Morgan fingerprint density at radius 2 is 2.36 bits per heavy atom. The second-order valence-electron chi connectivity index (χ2n) is 4.46. The third kappa shape index (κ3) is 1.82. The summed E-state index contributed by atoms with van der Waals surface area (Å²) in [5.74, 6) is 1.53. The molecule has 1 fully saturated rings. The van der Waals surface area contributed by atoms with E-state index in [1.165, 1.54) is 12.8 Å². The molecule has 1 atom stereocenters. The Kier molecular flexibility index (Phi) is 2.35. The highest BCUT2D eigenvalue weighted by molar-refractivity contribution is 5.04.